The third-order valence-electron chi connectivity index (χ3n) is 11.8. The van der Waals surface area contributed by atoms with Crippen molar-refractivity contribution in [3.63, 3.8) is 0 Å². The highest BCUT2D eigenvalue weighted by Crippen LogP contribution is 2.60. The molecule has 4 aromatic rings. The molecule has 10 nitrogen and oxygen atoms in total. The molecule has 4 aromatic carbocycles. The van der Waals surface area contributed by atoms with Gasteiger partial charge in [-0.25, -0.2) is 0 Å². The second kappa shape index (κ2) is 16.0. The number of nitrogens with one attached hydrogen (secondary N) is 1. The fraction of sp³-hybridized carbons (Fsp3) is 0.372. The Labute approximate surface area is 332 Å². The molecule has 4 atom stereocenters. The van der Waals surface area contributed by atoms with Crippen molar-refractivity contribution in [2.24, 2.45) is 5.92 Å². The number of carbonyl (C=O) groups is 3. The van der Waals surface area contributed by atoms with E-state index in [0.29, 0.717) is 26.2 Å². The minimum absolute atomic E-state index is 0.0135. The Morgan fingerprint density at radius 3 is 2.47 bits per heavy atom. The standard InChI is InChI=1S/C43H49BrN4O6Si/c1-29-41(55(3,4)35-16-14-34(53-2)15-17-35)38(25-39(50)46(21-22-49)27-30-9-6-5-7-10-30)54-43(29)36-24-32(44)13-18-37(36)48(42(43)52)28-31-11-8-12-33(23-31)47-20-19-45-26-40(47)51/h5-18,23-24,29,38,41,45,49H,19-22,25-28H2,1-4H3/t29-,38+,41-,43+/m0/s1. The number of methoxy groups -OCH3 is 1. The number of fused-ring (bicyclic) bond motifs is 2. The van der Waals surface area contributed by atoms with Gasteiger partial charge in [-0.2, -0.15) is 0 Å². The van der Waals surface area contributed by atoms with Crippen molar-refractivity contribution in [1.29, 1.82) is 0 Å². The SMILES string of the molecule is COc1ccc([Si](C)(C)[C@@H]2[C@@H](CC(=O)N(CCO)Cc3ccccc3)O[C@]3(C(=O)N(Cc4cccc(N5CCNCC5=O)c4)c4ccc(Br)cc43)[C@H]2C)cc1. The maximum absolute atomic E-state index is 15.3. The van der Waals surface area contributed by atoms with Gasteiger partial charge in [0.05, 0.1) is 53.1 Å². The zero-order valence-electron chi connectivity index (χ0n) is 31.8. The van der Waals surface area contributed by atoms with Gasteiger partial charge in [0.15, 0.2) is 5.60 Å². The summed E-state index contributed by atoms with van der Waals surface area (Å²) in [5, 5.41) is 14.3. The Morgan fingerprint density at radius 1 is 1.02 bits per heavy atom. The van der Waals surface area contributed by atoms with Crippen molar-refractivity contribution in [1.82, 2.24) is 10.2 Å². The van der Waals surface area contributed by atoms with Crippen molar-refractivity contribution in [2.45, 2.75) is 56.8 Å². The molecule has 2 fully saturated rings. The fourth-order valence-electron chi connectivity index (χ4n) is 9.05. The molecule has 288 valence electrons. The fourth-order valence-corrected chi connectivity index (χ4v) is 13.4. The van der Waals surface area contributed by atoms with Crippen molar-refractivity contribution in [2.75, 3.05) is 49.7 Å². The Bertz CT molecular complexity index is 2050. The van der Waals surface area contributed by atoms with Crippen LogP contribution in [0.25, 0.3) is 0 Å². The van der Waals surface area contributed by atoms with E-state index in [4.69, 9.17) is 9.47 Å². The lowest BCUT2D eigenvalue weighted by atomic mass is 9.82. The van der Waals surface area contributed by atoms with E-state index in [1.54, 1.807) is 16.9 Å². The van der Waals surface area contributed by atoms with Gasteiger partial charge in [0.25, 0.3) is 5.91 Å². The number of piperazine rings is 1. The van der Waals surface area contributed by atoms with Crippen LogP contribution in [0.15, 0.2) is 102 Å². The van der Waals surface area contributed by atoms with Crippen LogP contribution in [0.3, 0.4) is 0 Å². The summed E-state index contributed by atoms with van der Waals surface area (Å²) in [5.74, 6) is 0.184. The number of rotatable bonds is 12. The van der Waals surface area contributed by atoms with Crippen LogP contribution >= 0.6 is 15.9 Å². The first-order valence-electron chi connectivity index (χ1n) is 18.9. The molecule has 55 heavy (non-hydrogen) atoms. The molecular formula is C43H49BrN4O6Si. The number of aliphatic hydroxyl groups is 1. The maximum Gasteiger partial charge on any atom is 0.264 e. The molecule has 12 heteroatoms. The first-order valence-corrected chi connectivity index (χ1v) is 22.8. The molecular weight excluding hydrogens is 776 g/mol. The second-order valence-electron chi connectivity index (χ2n) is 15.3. The third kappa shape index (κ3) is 7.38. The summed E-state index contributed by atoms with van der Waals surface area (Å²) in [6.07, 6.45) is -0.519. The summed E-state index contributed by atoms with van der Waals surface area (Å²) in [4.78, 5) is 47.8. The number of carbonyl (C=O) groups excluding carboxylic acids is 3. The van der Waals surface area contributed by atoms with Crippen molar-refractivity contribution in [3.8, 4) is 5.75 Å². The normalized spacial score (nSPS) is 22.3. The topological polar surface area (TPSA) is 112 Å². The number of amides is 3. The lowest BCUT2D eigenvalue weighted by molar-refractivity contribution is -0.150. The number of ether oxygens (including phenoxy) is 2. The molecule has 0 radical (unpaired) electrons. The lowest BCUT2D eigenvalue weighted by Gasteiger charge is -2.37. The summed E-state index contributed by atoms with van der Waals surface area (Å²) >= 11 is 3.69. The van der Waals surface area contributed by atoms with Gasteiger partial charge in [-0.3, -0.25) is 14.4 Å². The van der Waals surface area contributed by atoms with Crippen LogP contribution in [0.1, 0.15) is 30.0 Å². The zero-order chi connectivity index (χ0) is 38.9. The summed E-state index contributed by atoms with van der Waals surface area (Å²) in [6, 6.07) is 31.7. The monoisotopic (exact) mass is 824 g/mol. The van der Waals surface area contributed by atoms with Crippen LogP contribution in [0.5, 0.6) is 5.75 Å². The van der Waals surface area contributed by atoms with Gasteiger partial charge in [-0.05, 0) is 59.1 Å². The van der Waals surface area contributed by atoms with Crippen LogP contribution in [-0.2, 0) is 37.8 Å². The van der Waals surface area contributed by atoms with E-state index in [1.807, 2.05) is 89.8 Å². The Kier molecular flexibility index (Phi) is 11.3. The quantitative estimate of drug-likeness (QED) is 0.180. The van der Waals surface area contributed by atoms with Gasteiger partial charge >= 0.3 is 0 Å². The highest BCUT2D eigenvalue weighted by atomic mass is 79.9. The molecule has 2 saturated heterocycles. The smallest absolute Gasteiger partial charge is 0.264 e. The largest absolute Gasteiger partial charge is 0.497 e. The number of nitrogens with zero attached hydrogens (tertiary/aromatic N) is 3. The number of hydrogen-bond acceptors (Lipinski definition) is 7. The van der Waals surface area contributed by atoms with Crippen molar-refractivity contribution in [3.05, 3.63) is 118 Å². The highest BCUT2D eigenvalue weighted by molar-refractivity contribution is 9.10. The summed E-state index contributed by atoms with van der Waals surface area (Å²) in [5.41, 5.74) is 2.73. The van der Waals surface area contributed by atoms with E-state index >= 15 is 4.79 Å². The van der Waals surface area contributed by atoms with E-state index < -0.39 is 19.8 Å². The van der Waals surface area contributed by atoms with Crippen LogP contribution < -0.4 is 25.0 Å². The van der Waals surface area contributed by atoms with E-state index in [9.17, 15) is 14.7 Å². The molecule has 1 spiro atoms. The molecule has 3 aliphatic rings. The van der Waals surface area contributed by atoms with Crippen LogP contribution in [0, 0.1) is 5.92 Å². The van der Waals surface area contributed by atoms with Gasteiger partial charge in [-0.1, -0.05) is 95.7 Å². The third-order valence-corrected chi connectivity index (χ3v) is 16.6. The first kappa shape index (κ1) is 38.9. The Morgan fingerprint density at radius 2 is 1.76 bits per heavy atom. The van der Waals surface area contributed by atoms with Gasteiger partial charge in [0.2, 0.25) is 11.8 Å². The van der Waals surface area contributed by atoms with Crippen LogP contribution in [0.4, 0.5) is 11.4 Å². The molecule has 3 aliphatic heterocycles. The average molecular weight is 826 g/mol. The number of aliphatic hydroxyl groups excluding tert-OH is 1. The zero-order valence-corrected chi connectivity index (χ0v) is 34.4. The predicted octanol–water partition coefficient (Wildman–Crippen LogP) is 5.57. The Hall–Kier alpha value is -4.33. The van der Waals surface area contributed by atoms with E-state index in [2.05, 4.69) is 53.4 Å². The number of benzene rings is 4. The van der Waals surface area contributed by atoms with E-state index in [-0.39, 0.29) is 55.3 Å². The molecule has 0 bridgehead atoms. The molecule has 0 aromatic heterocycles. The minimum Gasteiger partial charge on any atom is -0.497 e. The molecule has 7 rings (SSSR count). The first-order chi connectivity index (χ1) is 26.5. The molecule has 0 aliphatic carbocycles. The average Bonchev–Trinajstić information content (AvgIpc) is 3.61. The minimum atomic E-state index is -2.52. The molecule has 3 amide bonds. The number of hydrogen-bond donors (Lipinski definition) is 2. The van der Waals surface area contributed by atoms with Crippen molar-refractivity contribution < 1.29 is 29.0 Å². The Balaban J connectivity index is 1.27. The summed E-state index contributed by atoms with van der Waals surface area (Å²) in [7, 11) is -0.865. The van der Waals surface area contributed by atoms with Gasteiger partial charge < -0.3 is 34.6 Å². The van der Waals surface area contributed by atoms with Gasteiger partial charge in [0, 0.05) is 47.8 Å². The number of anilines is 2. The lowest BCUT2D eigenvalue weighted by Crippen LogP contribution is -2.52. The molecule has 0 unspecified atom stereocenters. The maximum atomic E-state index is 15.3. The molecule has 3 heterocycles. The van der Waals surface area contributed by atoms with Crippen LogP contribution in [-0.4, -0.2) is 81.8 Å². The second-order valence-corrected chi connectivity index (χ2v) is 20.9. The van der Waals surface area contributed by atoms with Crippen LogP contribution in [0.2, 0.25) is 18.6 Å². The molecule has 2 N–H and O–H groups in total. The number of halogens is 1. The summed E-state index contributed by atoms with van der Waals surface area (Å²) in [6.45, 7) is 8.96. The van der Waals surface area contributed by atoms with Gasteiger partial charge in [-0.15, -0.1) is 0 Å². The summed E-state index contributed by atoms with van der Waals surface area (Å²) < 4.78 is 13.6. The van der Waals surface area contributed by atoms with E-state index in [0.717, 1.165) is 38.3 Å². The predicted molar refractivity (Wildman–Crippen MR) is 220 cm³/mol. The van der Waals surface area contributed by atoms with E-state index in [1.165, 1.54) is 5.19 Å². The highest BCUT2D eigenvalue weighted by Gasteiger charge is 2.66. The molecule has 0 saturated carbocycles. The van der Waals surface area contributed by atoms with Crippen molar-refractivity contribution >= 4 is 58.3 Å². The van der Waals surface area contributed by atoms with Gasteiger partial charge in [0.1, 0.15) is 5.75 Å².